The number of hydrogen-bond acceptors (Lipinski definition) is 6. The first kappa shape index (κ1) is 15.8. The van der Waals surface area contributed by atoms with Crippen LogP contribution in [0, 0.1) is 0 Å². The van der Waals surface area contributed by atoms with Crippen molar-refractivity contribution in [1.82, 2.24) is 30.4 Å². The van der Waals surface area contributed by atoms with Crippen LogP contribution in [0.5, 0.6) is 0 Å². The fraction of sp³-hybridized carbons (Fsp3) is 0.267. The van der Waals surface area contributed by atoms with Crippen LogP contribution >= 0.6 is 15.9 Å². The molecule has 0 saturated carbocycles. The van der Waals surface area contributed by atoms with Gasteiger partial charge in [0.05, 0.1) is 17.1 Å². The zero-order valence-electron chi connectivity index (χ0n) is 13.8. The predicted octanol–water partition coefficient (Wildman–Crippen LogP) is 2.24. The number of hydrogen-bond donors (Lipinski definition) is 2. The Labute approximate surface area is 151 Å². The maximum absolute atomic E-state index is 12.9. The Balaban J connectivity index is 1.67. The number of fused-ring (bicyclic) bond motifs is 2. The number of aromatic amines is 1. The molecule has 0 unspecified atom stereocenters. The molecule has 3 aromatic rings. The molecule has 0 spiro atoms. The van der Waals surface area contributed by atoms with E-state index in [1.807, 2.05) is 44.0 Å². The Kier molecular flexibility index (Phi) is 3.57. The standard InChI is InChI=1S/C15H15BrN8O/c1-7-12(8(2)24-15(23(7)3)20-21-22-24)14(25)17-9-4-5-11-10(6-9)13(16)19-18-11/h4-6,8H,1-3H3,(H,17,25)(H,18,19)/t8-/m1/s1. The lowest BCUT2D eigenvalue weighted by Gasteiger charge is -2.30. The number of carbonyl (C=O) groups is 1. The van der Waals surface area contributed by atoms with Crippen LogP contribution in [-0.2, 0) is 4.79 Å². The summed E-state index contributed by atoms with van der Waals surface area (Å²) in [4.78, 5) is 14.7. The first-order valence-corrected chi connectivity index (χ1v) is 8.44. The number of H-pyrrole nitrogens is 1. The van der Waals surface area contributed by atoms with Crippen LogP contribution in [0.3, 0.4) is 0 Å². The summed E-state index contributed by atoms with van der Waals surface area (Å²) in [6.45, 7) is 3.79. The number of halogens is 1. The Bertz CT molecular complexity index is 1020. The second-order valence-electron chi connectivity index (χ2n) is 5.88. The van der Waals surface area contributed by atoms with E-state index < -0.39 is 0 Å². The molecule has 10 heteroatoms. The van der Waals surface area contributed by atoms with Gasteiger partial charge in [0.2, 0.25) is 5.95 Å². The summed E-state index contributed by atoms with van der Waals surface area (Å²) in [5.41, 5.74) is 2.95. The van der Waals surface area contributed by atoms with Crippen LogP contribution in [0.15, 0.2) is 34.1 Å². The molecule has 0 bridgehead atoms. The van der Waals surface area contributed by atoms with Crippen molar-refractivity contribution < 1.29 is 4.79 Å². The van der Waals surface area contributed by atoms with Crippen LogP contribution in [0.25, 0.3) is 10.9 Å². The Hall–Kier alpha value is -2.75. The minimum absolute atomic E-state index is 0.183. The summed E-state index contributed by atoms with van der Waals surface area (Å²) in [5, 5.41) is 22.6. The summed E-state index contributed by atoms with van der Waals surface area (Å²) in [6.07, 6.45) is 0. The van der Waals surface area contributed by atoms with Gasteiger partial charge in [-0.05, 0) is 58.4 Å². The third-order valence-corrected chi connectivity index (χ3v) is 5.07. The van der Waals surface area contributed by atoms with Gasteiger partial charge in [-0.15, -0.1) is 0 Å². The van der Waals surface area contributed by atoms with Gasteiger partial charge in [0.25, 0.3) is 5.91 Å². The summed E-state index contributed by atoms with van der Waals surface area (Å²) >= 11 is 3.41. The minimum atomic E-state index is -0.259. The lowest BCUT2D eigenvalue weighted by Crippen LogP contribution is -2.34. The average molecular weight is 403 g/mol. The molecule has 0 fully saturated rings. The molecule has 2 N–H and O–H groups in total. The van der Waals surface area contributed by atoms with Gasteiger partial charge in [0.15, 0.2) is 0 Å². The van der Waals surface area contributed by atoms with Crippen molar-refractivity contribution in [2.75, 3.05) is 17.3 Å². The third-order valence-electron chi connectivity index (χ3n) is 4.46. The molecule has 0 aliphatic carbocycles. The Morgan fingerprint density at radius 3 is 3.00 bits per heavy atom. The van der Waals surface area contributed by atoms with Gasteiger partial charge >= 0.3 is 0 Å². The van der Waals surface area contributed by atoms with Crippen molar-refractivity contribution in [3.63, 3.8) is 0 Å². The zero-order chi connectivity index (χ0) is 17.7. The van der Waals surface area contributed by atoms with Crippen molar-refractivity contribution in [2.24, 2.45) is 0 Å². The molecule has 1 aliphatic rings. The number of amides is 1. The van der Waals surface area contributed by atoms with E-state index in [1.54, 1.807) is 4.68 Å². The molecule has 1 aromatic carbocycles. The van der Waals surface area contributed by atoms with Gasteiger partial charge in [0.1, 0.15) is 4.60 Å². The molecule has 0 saturated heterocycles. The van der Waals surface area contributed by atoms with Gasteiger partial charge in [-0.2, -0.15) is 5.10 Å². The fourth-order valence-electron chi connectivity index (χ4n) is 3.02. The quantitative estimate of drug-likeness (QED) is 0.680. The van der Waals surface area contributed by atoms with Crippen LogP contribution in [-0.4, -0.2) is 43.4 Å². The minimum Gasteiger partial charge on any atom is -0.322 e. The summed E-state index contributed by atoms with van der Waals surface area (Å²) < 4.78 is 2.41. The van der Waals surface area contributed by atoms with E-state index in [4.69, 9.17) is 0 Å². The van der Waals surface area contributed by atoms with Crippen molar-refractivity contribution in [2.45, 2.75) is 19.9 Å². The molecular weight excluding hydrogens is 388 g/mol. The fourth-order valence-corrected chi connectivity index (χ4v) is 3.43. The average Bonchev–Trinajstić information content (AvgIpc) is 3.21. The second kappa shape index (κ2) is 5.66. The molecule has 1 amide bonds. The molecule has 25 heavy (non-hydrogen) atoms. The maximum Gasteiger partial charge on any atom is 0.255 e. The van der Waals surface area contributed by atoms with Crippen molar-refractivity contribution >= 4 is 44.4 Å². The molecule has 0 radical (unpaired) electrons. The molecule has 4 rings (SSSR count). The zero-order valence-corrected chi connectivity index (χ0v) is 15.4. The smallest absolute Gasteiger partial charge is 0.255 e. The van der Waals surface area contributed by atoms with Crippen molar-refractivity contribution in [1.29, 1.82) is 0 Å². The maximum atomic E-state index is 12.9. The Morgan fingerprint density at radius 2 is 2.20 bits per heavy atom. The van der Waals surface area contributed by atoms with Crippen LogP contribution < -0.4 is 10.2 Å². The molecule has 1 aliphatic heterocycles. The van der Waals surface area contributed by atoms with E-state index in [9.17, 15) is 4.79 Å². The molecule has 2 aromatic heterocycles. The number of rotatable bonds is 2. The third kappa shape index (κ3) is 2.40. The van der Waals surface area contributed by atoms with E-state index in [1.165, 1.54) is 0 Å². The molecular formula is C15H15BrN8O. The molecule has 1 atom stereocenters. The largest absolute Gasteiger partial charge is 0.322 e. The lowest BCUT2D eigenvalue weighted by molar-refractivity contribution is -0.113. The van der Waals surface area contributed by atoms with Crippen LogP contribution in [0.4, 0.5) is 11.6 Å². The number of carbonyl (C=O) groups excluding carboxylic acids is 1. The number of nitrogens with zero attached hydrogens (tertiary/aromatic N) is 6. The van der Waals surface area contributed by atoms with Crippen molar-refractivity contribution in [3.8, 4) is 0 Å². The van der Waals surface area contributed by atoms with Gasteiger partial charge in [-0.1, -0.05) is 5.10 Å². The Morgan fingerprint density at radius 1 is 1.40 bits per heavy atom. The molecule has 128 valence electrons. The van der Waals surface area contributed by atoms with Gasteiger partial charge in [0, 0.05) is 23.8 Å². The summed E-state index contributed by atoms with van der Waals surface area (Å²) in [5.74, 6) is 0.433. The number of aromatic nitrogens is 6. The highest BCUT2D eigenvalue weighted by atomic mass is 79.9. The normalized spacial score (nSPS) is 17.1. The number of nitrogens with one attached hydrogen (secondary N) is 2. The second-order valence-corrected chi connectivity index (χ2v) is 6.67. The lowest BCUT2D eigenvalue weighted by atomic mass is 10.0. The van der Waals surface area contributed by atoms with E-state index in [0.717, 1.165) is 21.2 Å². The molecule has 3 heterocycles. The van der Waals surface area contributed by atoms with Crippen LogP contribution in [0.2, 0.25) is 0 Å². The van der Waals surface area contributed by atoms with Crippen molar-refractivity contribution in [3.05, 3.63) is 34.1 Å². The SMILES string of the molecule is CC1=C(C(=O)Nc2ccc3n[nH]c(Br)c3c2)[C@@H](C)n2nnnc2N1C. The number of allylic oxidation sites excluding steroid dienone is 1. The van der Waals surface area contributed by atoms with E-state index in [-0.39, 0.29) is 11.9 Å². The monoisotopic (exact) mass is 402 g/mol. The highest BCUT2D eigenvalue weighted by Crippen LogP contribution is 2.32. The first-order valence-electron chi connectivity index (χ1n) is 7.64. The molecule has 9 nitrogen and oxygen atoms in total. The topological polar surface area (TPSA) is 105 Å². The van der Waals surface area contributed by atoms with Gasteiger partial charge in [-0.25, -0.2) is 4.68 Å². The summed E-state index contributed by atoms with van der Waals surface area (Å²) in [6, 6.07) is 5.29. The predicted molar refractivity (Wildman–Crippen MR) is 96.1 cm³/mol. The highest BCUT2D eigenvalue weighted by Gasteiger charge is 2.32. The van der Waals surface area contributed by atoms with E-state index in [2.05, 4.69) is 47.0 Å². The van der Waals surface area contributed by atoms with Gasteiger partial charge in [-0.3, -0.25) is 9.89 Å². The summed E-state index contributed by atoms with van der Waals surface area (Å²) in [7, 11) is 1.84. The number of anilines is 2. The first-order chi connectivity index (χ1) is 12.0. The number of tetrazole rings is 1. The highest BCUT2D eigenvalue weighted by molar-refractivity contribution is 9.10. The van der Waals surface area contributed by atoms with Gasteiger partial charge < -0.3 is 10.2 Å². The van der Waals surface area contributed by atoms with E-state index in [0.29, 0.717) is 17.2 Å². The van der Waals surface area contributed by atoms with Crippen LogP contribution in [0.1, 0.15) is 19.9 Å². The number of benzene rings is 1. The van der Waals surface area contributed by atoms with E-state index >= 15 is 0 Å².